The van der Waals surface area contributed by atoms with E-state index >= 15 is 0 Å². The van der Waals surface area contributed by atoms with E-state index in [1.54, 1.807) is 6.07 Å². The van der Waals surface area contributed by atoms with Gasteiger partial charge in [-0.3, -0.25) is 0 Å². The first-order chi connectivity index (χ1) is 8.39. The Bertz CT molecular complexity index is 440. The van der Waals surface area contributed by atoms with Crippen LogP contribution in [-0.2, 0) is 10.9 Å². The van der Waals surface area contributed by atoms with Crippen LogP contribution in [0, 0.1) is 6.92 Å². The van der Waals surface area contributed by atoms with E-state index in [-0.39, 0.29) is 11.3 Å². The Kier molecular flexibility index (Phi) is 3.38. The number of anilines is 2. The third-order valence-electron chi connectivity index (χ3n) is 3.06. The Hall–Kier alpha value is -1.43. The molecule has 1 aliphatic heterocycles. The van der Waals surface area contributed by atoms with Crippen LogP contribution in [0.1, 0.15) is 11.1 Å². The number of alkyl halides is 3. The third-order valence-corrected chi connectivity index (χ3v) is 3.06. The predicted molar refractivity (Wildman–Crippen MR) is 63.6 cm³/mol. The molecule has 0 atom stereocenters. The number of ether oxygens (including phenoxy) is 1. The molecule has 1 aromatic carbocycles. The van der Waals surface area contributed by atoms with E-state index in [0.29, 0.717) is 32.0 Å². The molecule has 0 aromatic heterocycles. The molecule has 0 bridgehead atoms. The Balaban J connectivity index is 2.44. The van der Waals surface area contributed by atoms with Gasteiger partial charge in [-0.25, -0.2) is 0 Å². The lowest BCUT2D eigenvalue weighted by Gasteiger charge is -2.31. The molecular weight excluding hydrogens is 245 g/mol. The fraction of sp³-hybridized carbons (Fsp3) is 0.500. The summed E-state index contributed by atoms with van der Waals surface area (Å²) < 4.78 is 43.8. The molecule has 18 heavy (non-hydrogen) atoms. The molecule has 6 heteroatoms. The summed E-state index contributed by atoms with van der Waals surface area (Å²) >= 11 is 0. The van der Waals surface area contributed by atoms with E-state index < -0.39 is 11.7 Å². The molecule has 100 valence electrons. The van der Waals surface area contributed by atoms with Crippen LogP contribution in [0.15, 0.2) is 12.1 Å². The Morgan fingerprint density at radius 2 is 1.83 bits per heavy atom. The molecular formula is C12H15F3N2O. The molecule has 2 N–H and O–H groups in total. The first-order valence-corrected chi connectivity index (χ1v) is 5.69. The van der Waals surface area contributed by atoms with E-state index in [4.69, 9.17) is 10.5 Å². The van der Waals surface area contributed by atoms with Crippen molar-refractivity contribution in [3.63, 3.8) is 0 Å². The topological polar surface area (TPSA) is 38.5 Å². The fourth-order valence-corrected chi connectivity index (χ4v) is 2.15. The summed E-state index contributed by atoms with van der Waals surface area (Å²) in [5.41, 5.74) is 5.81. The van der Waals surface area contributed by atoms with Gasteiger partial charge in [0.05, 0.1) is 18.8 Å². The van der Waals surface area contributed by atoms with Gasteiger partial charge in [-0.05, 0) is 24.6 Å². The van der Waals surface area contributed by atoms with Gasteiger partial charge < -0.3 is 15.4 Å². The maximum atomic E-state index is 12.9. The van der Waals surface area contributed by atoms with Gasteiger partial charge >= 0.3 is 6.18 Å². The van der Waals surface area contributed by atoms with Gasteiger partial charge in [0.25, 0.3) is 0 Å². The van der Waals surface area contributed by atoms with Crippen LogP contribution in [0.25, 0.3) is 0 Å². The number of benzene rings is 1. The molecule has 2 rings (SSSR count). The quantitative estimate of drug-likeness (QED) is 0.788. The maximum absolute atomic E-state index is 12.9. The normalized spacial score (nSPS) is 17.0. The monoisotopic (exact) mass is 260 g/mol. The van der Waals surface area contributed by atoms with Gasteiger partial charge in [0, 0.05) is 24.5 Å². The van der Waals surface area contributed by atoms with Crippen molar-refractivity contribution in [3.05, 3.63) is 23.3 Å². The molecule has 1 fully saturated rings. The minimum absolute atomic E-state index is 0.134. The standard InChI is InChI=1S/C12H15F3N2O/c1-8-10(12(13,14)15)6-9(16)7-11(8)17-2-4-18-5-3-17/h6-7H,2-5,16H2,1H3. The Morgan fingerprint density at radius 3 is 2.39 bits per heavy atom. The van der Waals surface area contributed by atoms with Crippen molar-refractivity contribution in [1.82, 2.24) is 0 Å². The number of nitrogens with two attached hydrogens (primary N) is 1. The van der Waals surface area contributed by atoms with Crippen LogP contribution in [-0.4, -0.2) is 26.3 Å². The molecule has 3 nitrogen and oxygen atoms in total. The third kappa shape index (κ3) is 2.53. The van der Waals surface area contributed by atoms with Gasteiger partial charge in [0.2, 0.25) is 0 Å². The minimum atomic E-state index is -4.37. The predicted octanol–water partition coefficient (Wildman–Crippen LogP) is 2.43. The lowest BCUT2D eigenvalue weighted by atomic mass is 10.0. The Labute approximate surface area is 103 Å². The van der Waals surface area contributed by atoms with Crippen LogP contribution in [0.2, 0.25) is 0 Å². The zero-order chi connectivity index (χ0) is 13.3. The highest BCUT2D eigenvalue weighted by atomic mass is 19.4. The van der Waals surface area contributed by atoms with Gasteiger partial charge in [-0.15, -0.1) is 0 Å². The zero-order valence-electron chi connectivity index (χ0n) is 10.0. The average Bonchev–Trinajstić information content (AvgIpc) is 2.31. The van der Waals surface area contributed by atoms with Gasteiger partial charge in [-0.2, -0.15) is 13.2 Å². The SMILES string of the molecule is Cc1c(N2CCOCC2)cc(N)cc1C(F)(F)F. The molecule has 0 amide bonds. The number of rotatable bonds is 1. The van der Waals surface area contributed by atoms with E-state index in [1.165, 1.54) is 6.92 Å². The van der Waals surface area contributed by atoms with Crippen LogP contribution >= 0.6 is 0 Å². The molecule has 1 heterocycles. The zero-order valence-corrected chi connectivity index (χ0v) is 10.0. The summed E-state index contributed by atoms with van der Waals surface area (Å²) in [6.45, 7) is 3.70. The smallest absolute Gasteiger partial charge is 0.399 e. The number of morpholine rings is 1. The summed E-state index contributed by atoms with van der Waals surface area (Å²) in [4.78, 5) is 1.88. The van der Waals surface area contributed by atoms with E-state index in [2.05, 4.69) is 0 Å². The molecule has 0 saturated carbocycles. The molecule has 0 aliphatic carbocycles. The second kappa shape index (κ2) is 4.68. The number of hydrogen-bond donors (Lipinski definition) is 1. The van der Waals surface area contributed by atoms with Gasteiger partial charge in [0.15, 0.2) is 0 Å². The second-order valence-electron chi connectivity index (χ2n) is 4.31. The van der Waals surface area contributed by atoms with Crippen molar-refractivity contribution in [3.8, 4) is 0 Å². The highest BCUT2D eigenvalue weighted by Gasteiger charge is 2.34. The molecule has 0 unspecified atom stereocenters. The van der Waals surface area contributed by atoms with Gasteiger partial charge in [-0.1, -0.05) is 0 Å². The lowest BCUT2D eigenvalue weighted by Crippen LogP contribution is -2.37. The van der Waals surface area contributed by atoms with Crippen molar-refractivity contribution < 1.29 is 17.9 Å². The Morgan fingerprint density at radius 1 is 1.22 bits per heavy atom. The van der Waals surface area contributed by atoms with Crippen LogP contribution < -0.4 is 10.6 Å². The van der Waals surface area contributed by atoms with Crippen molar-refractivity contribution in [1.29, 1.82) is 0 Å². The second-order valence-corrected chi connectivity index (χ2v) is 4.31. The molecule has 0 spiro atoms. The number of hydrogen-bond acceptors (Lipinski definition) is 3. The van der Waals surface area contributed by atoms with Crippen molar-refractivity contribution in [2.45, 2.75) is 13.1 Å². The highest BCUT2D eigenvalue weighted by Crippen LogP contribution is 2.37. The van der Waals surface area contributed by atoms with E-state index in [0.717, 1.165) is 6.07 Å². The molecule has 0 radical (unpaired) electrons. The maximum Gasteiger partial charge on any atom is 0.416 e. The first-order valence-electron chi connectivity index (χ1n) is 5.69. The lowest BCUT2D eigenvalue weighted by molar-refractivity contribution is -0.138. The highest BCUT2D eigenvalue weighted by molar-refractivity contribution is 5.64. The van der Waals surface area contributed by atoms with E-state index in [9.17, 15) is 13.2 Å². The number of nitrogen functional groups attached to an aromatic ring is 1. The van der Waals surface area contributed by atoms with Gasteiger partial charge in [0.1, 0.15) is 0 Å². The van der Waals surface area contributed by atoms with Crippen LogP contribution in [0.5, 0.6) is 0 Å². The van der Waals surface area contributed by atoms with Crippen LogP contribution in [0.3, 0.4) is 0 Å². The van der Waals surface area contributed by atoms with E-state index in [1.807, 2.05) is 4.90 Å². The summed E-state index contributed by atoms with van der Waals surface area (Å²) in [5.74, 6) is 0. The minimum Gasteiger partial charge on any atom is -0.399 e. The number of nitrogens with zero attached hydrogens (tertiary/aromatic N) is 1. The fourth-order valence-electron chi connectivity index (χ4n) is 2.15. The average molecular weight is 260 g/mol. The summed E-state index contributed by atoms with van der Waals surface area (Å²) in [7, 11) is 0. The van der Waals surface area contributed by atoms with Crippen molar-refractivity contribution in [2.75, 3.05) is 36.9 Å². The van der Waals surface area contributed by atoms with Crippen molar-refractivity contribution in [2.24, 2.45) is 0 Å². The van der Waals surface area contributed by atoms with Crippen molar-refractivity contribution >= 4 is 11.4 Å². The first kappa shape index (κ1) is 13.0. The largest absolute Gasteiger partial charge is 0.416 e. The summed E-state index contributed by atoms with van der Waals surface area (Å²) in [6.07, 6.45) is -4.37. The van der Waals surface area contributed by atoms with Crippen LogP contribution in [0.4, 0.5) is 24.5 Å². The summed E-state index contributed by atoms with van der Waals surface area (Å²) in [5, 5.41) is 0. The molecule has 1 saturated heterocycles. The molecule has 1 aliphatic rings. The molecule has 1 aromatic rings. The number of halogens is 3. The summed E-state index contributed by atoms with van der Waals surface area (Å²) in [6, 6.07) is 2.58.